The Balaban J connectivity index is 1.69. The fraction of sp³-hybridized carbons (Fsp3) is 0.278. The number of hydrogen-bond acceptors (Lipinski definition) is 3. The lowest BCUT2D eigenvalue weighted by molar-refractivity contribution is -0.118. The molecule has 4 heteroatoms. The Morgan fingerprint density at radius 3 is 2.64 bits per heavy atom. The van der Waals surface area contributed by atoms with Crippen molar-refractivity contribution < 1.29 is 9.90 Å². The summed E-state index contributed by atoms with van der Waals surface area (Å²) in [7, 11) is 0. The van der Waals surface area contributed by atoms with Gasteiger partial charge in [0.15, 0.2) is 0 Å². The number of nitrogens with one attached hydrogen (secondary N) is 1. The van der Waals surface area contributed by atoms with Crippen LogP contribution in [0.5, 0.6) is 0 Å². The second kappa shape index (κ2) is 6.73. The van der Waals surface area contributed by atoms with Crippen molar-refractivity contribution in [3.63, 3.8) is 0 Å². The Kier molecular flexibility index (Phi) is 4.51. The molecule has 4 nitrogen and oxygen atoms in total. The maximum atomic E-state index is 12.2. The second-order valence-corrected chi connectivity index (χ2v) is 5.53. The molecule has 0 saturated heterocycles. The molecule has 0 radical (unpaired) electrons. The third kappa shape index (κ3) is 3.18. The molecule has 0 aromatic heterocycles. The molecule has 3 rings (SSSR count). The zero-order valence-electron chi connectivity index (χ0n) is 12.4. The first-order valence-corrected chi connectivity index (χ1v) is 7.55. The van der Waals surface area contributed by atoms with Gasteiger partial charge in [-0.05, 0) is 29.7 Å². The summed E-state index contributed by atoms with van der Waals surface area (Å²) in [6, 6.07) is 17.5. The number of amides is 1. The maximum Gasteiger partial charge on any atom is 0.238 e. The molecular weight excluding hydrogens is 276 g/mol. The molecule has 2 aromatic rings. The van der Waals surface area contributed by atoms with Crippen LogP contribution in [0.1, 0.15) is 17.2 Å². The van der Waals surface area contributed by atoms with Gasteiger partial charge in [-0.2, -0.15) is 0 Å². The average Bonchev–Trinajstić information content (AvgIpc) is 2.55. The number of rotatable bonds is 4. The van der Waals surface area contributed by atoms with Crippen molar-refractivity contribution in [3.8, 4) is 0 Å². The van der Waals surface area contributed by atoms with Crippen molar-refractivity contribution in [1.82, 2.24) is 4.90 Å². The number of fused-ring (bicyclic) bond motifs is 1. The minimum Gasteiger partial charge on any atom is -0.394 e. The average molecular weight is 296 g/mol. The number of nitrogens with zero attached hydrogens (tertiary/aromatic N) is 1. The molecule has 2 aromatic carbocycles. The van der Waals surface area contributed by atoms with Gasteiger partial charge in [0.25, 0.3) is 0 Å². The number of carbonyl (C=O) groups is 1. The third-order valence-electron chi connectivity index (χ3n) is 4.10. The topological polar surface area (TPSA) is 52.6 Å². The van der Waals surface area contributed by atoms with Crippen LogP contribution < -0.4 is 5.32 Å². The molecule has 0 fully saturated rings. The predicted molar refractivity (Wildman–Crippen MR) is 86.6 cm³/mol. The number of carbonyl (C=O) groups excluding carboxylic acids is 1. The molecule has 0 aliphatic carbocycles. The summed E-state index contributed by atoms with van der Waals surface area (Å²) in [5, 5.41) is 12.6. The summed E-state index contributed by atoms with van der Waals surface area (Å²) in [6.45, 7) is 1.09. The van der Waals surface area contributed by atoms with Gasteiger partial charge in [0, 0.05) is 12.2 Å². The van der Waals surface area contributed by atoms with E-state index in [4.69, 9.17) is 0 Å². The van der Waals surface area contributed by atoms with Crippen LogP contribution in [0.2, 0.25) is 0 Å². The molecule has 0 spiro atoms. The zero-order chi connectivity index (χ0) is 15.4. The minimum absolute atomic E-state index is 0.0234. The number of anilines is 1. The first-order chi connectivity index (χ1) is 10.8. The van der Waals surface area contributed by atoms with Crippen LogP contribution >= 0.6 is 0 Å². The van der Waals surface area contributed by atoms with Gasteiger partial charge < -0.3 is 10.4 Å². The molecule has 114 valence electrons. The van der Waals surface area contributed by atoms with Crippen molar-refractivity contribution in [2.75, 3.05) is 25.0 Å². The van der Waals surface area contributed by atoms with Crippen LogP contribution in [0, 0.1) is 0 Å². The maximum absolute atomic E-state index is 12.2. The lowest BCUT2D eigenvalue weighted by Crippen LogP contribution is -2.42. The zero-order valence-corrected chi connectivity index (χ0v) is 12.4. The van der Waals surface area contributed by atoms with Crippen LogP contribution in [0.25, 0.3) is 0 Å². The Hall–Kier alpha value is -2.17. The van der Waals surface area contributed by atoms with E-state index in [0.717, 1.165) is 24.2 Å². The van der Waals surface area contributed by atoms with Crippen LogP contribution in [0.15, 0.2) is 54.6 Å². The molecule has 1 unspecified atom stereocenters. The third-order valence-corrected chi connectivity index (χ3v) is 4.10. The highest BCUT2D eigenvalue weighted by molar-refractivity contribution is 5.92. The van der Waals surface area contributed by atoms with Gasteiger partial charge in [-0.1, -0.05) is 42.5 Å². The summed E-state index contributed by atoms with van der Waals surface area (Å²) in [5.41, 5.74) is 3.19. The van der Waals surface area contributed by atoms with Crippen molar-refractivity contribution in [3.05, 3.63) is 65.7 Å². The summed E-state index contributed by atoms with van der Waals surface area (Å²) >= 11 is 0. The van der Waals surface area contributed by atoms with Crippen LogP contribution in [-0.2, 0) is 11.2 Å². The van der Waals surface area contributed by atoms with Gasteiger partial charge in [0.05, 0.1) is 19.2 Å². The fourth-order valence-electron chi connectivity index (χ4n) is 3.01. The molecular formula is C18H20N2O2. The normalized spacial score (nSPS) is 17.8. The van der Waals surface area contributed by atoms with Gasteiger partial charge >= 0.3 is 0 Å². The van der Waals surface area contributed by atoms with E-state index in [1.807, 2.05) is 53.4 Å². The standard InChI is InChI=1S/C18H20N2O2/c21-13-17-16-9-5-4-6-14(16)10-11-20(17)12-18(22)19-15-7-2-1-3-8-15/h1-9,17,21H,10-13H2,(H,19,22). The highest BCUT2D eigenvalue weighted by atomic mass is 16.3. The summed E-state index contributed by atoms with van der Waals surface area (Å²) in [6.07, 6.45) is 0.908. The number of benzene rings is 2. The van der Waals surface area contributed by atoms with E-state index in [1.54, 1.807) is 0 Å². The highest BCUT2D eigenvalue weighted by Crippen LogP contribution is 2.28. The lowest BCUT2D eigenvalue weighted by atomic mass is 9.93. The van der Waals surface area contributed by atoms with Gasteiger partial charge in [0.1, 0.15) is 0 Å². The lowest BCUT2D eigenvalue weighted by Gasteiger charge is -2.35. The predicted octanol–water partition coefficient (Wildman–Crippen LogP) is 2.22. The number of para-hydroxylation sites is 1. The van der Waals surface area contributed by atoms with Crippen LogP contribution in [0.3, 0.4) is 0 Å². The first kappa shape index (κ1) is 14.8. The Morgan fingerprint density at radius 2 is 1.86 bits per heavy atom. The van der Waals surface area contributed by atoms with E-state index in [9.17, 15) is 9.90 Å². The Morgan fingerprint density at radius 1 is 1.14 bits per heavy atom. The largest absolute Gasteiger partial charge is 0.394 e. The van der Waals surface area contributed by atoms with Gasteiger partial charge in [-0.25, -0.2) is 0 Å². The smallest absolute Gasteiger partial charge is 0.238 e. The Labute approximate surface area is 130 Å². The fourth-order valence-corrected chi connectivity index (χ4v) is 3.01. The van der Waals surface area contributed by atoms with Gasteiger partial charge in [-0.15, -0.1) is 0 Å². The summed E-state index contributed by atoms with van der Waals surface area (Å²) < 4.78 is 0. The molecule has 1 amide bonds. The van der Waals surface area contributed by atoms with E-state index in [2.05, 4.69) is 11.4 Å². The molecule has 2 N–H and O–H groups in total. The Bertz CT molecular complexity index is 643. The molecule has 1 heterocycles. The summed E-state index contributed by atoms with van der Waals surface area (Å²) in [5.74, 6) is -0.0518. The molecule has 0 bridgehead atoms. The van der Waals surface area contributed by atoms with E-state index < -0.39 is 0 Å². The van der Waals surface area contributed by atoms with Crippen LogP contribution in [-0.4, -0.2) is 35.6 Å². The number of hydrogen-bond donors (Lipinski definition) is 2. The van der Waals surface area contributed by atoms with Crippen molar-refractivity contribution in [2.24, 2.45) is 0 Å². The first-order valence-electron chi connectivity index (χ1n) is 7.55. The molecule has 1 aliphatic rings. The molecule has 1 aliphatic heterocycles. The number of aliphatic hydroxyl groups excluding tert-OH is 1. The van der Waals surface area contributed by atoms with E-state index in [1.165, 1.54) is 5.56 Å². The van der Waals surface area contributed by atoms with Crippen molar-refractivity contribution >= 4 is 11.6 Å². The monoisotopic (exact) mass is 296 g/mol. The van der Waals surface area contributed by atoms with E-state index in [-0.39, 0.29) is 25.1 Å². The minimum atomic E-state index is -0.105. The molecule has 0 saturated carbocycles. The van der Waals surface area contributed by atoms with Crippen molar-refractivity contribution in [2.45, 2.75) is 12.5 Å². The van der Waals surface area contributed by atoms with Gasteiger partial charge in [-0.3, -0.25) is 9.69 Å². The van der Waals surface area contributed by atoms with E-state index in [0.29, 0.717) is 0 Å². The number of aliphatic hydroxyl groups is 1. The van der Waals surface area contributed by atoms with Gasteiger partial charge in [0.2, 0.25) is 5.91 Å². The quantitative estimate of drug-likeness (QED) is 0.909. The molecule has 22 heavy (non-hydrogen) atoms. The van der Waals surface area contributed by atoms with Crippen molar-refractivity contribution in [1.29, 1.82) is 0 Å². The molecule has 1 atom stereocenters. The van der Waals surface area contributed by atoms with E-state index >= 15 is 0 Å². The van der Waals surface area contributed by atoms with Crippen LogP contribution in [0.4, 0.5) is 5.69 Å². The summed E-state index contributed by atoms with van der Waals surface area (Å²) in [4.78, 5) is 14.3. The second-order valence-electron chi connectivity index (χ2n) is 5.53. The highest BCUT2D eigenvalue weighted by Gasteiger charge is 2.27. The SMILES string of the molecule is O=C(CN1CCc2ccccc2C1CO)Nc1ccccc1.